The van der Waals surface area contributed by atoms with Crippen LogP contribution in [0.15, 0.2) is 30.6 Å². The van der Waals surface area contributed by atoms with Crippen molar-refractivity contribution < 1.29 is 14.0 Å². The molecule has 2 heterocycles. The molecule has 3 aromatic rings. The van der Waals surface area contributed by atoms with Gasteiger partial charge in [0.05, 0.1) is 23.5 Å². The van der Waals surface area contributed by atoms with Crippen LogP contribution in [0.1, 0.15) is 33.6 Å². The first-order valence-electron chi connectivity index (χ1n) is 8.37. The highest BCUT2D eigenvalue weighted by Crippen LogP contribution is 2.26. The van der Waals surface area contributed by atoms with Crippen LogP contribution in [0, 0.1) is 17.1 Å². The summed E-state index contributed by atoms with van der Waals surface area (Å²) in [5.74, 6) is -2.04. The number of rotatable bonds is 6. The normalized spacial score (nSPS) is 11.7. The van der Waals surface area contributed by atoms with Crippen LogP contribution < -0.4 is 11.1 Å². The third-order valence-electron chi connectivity index (χ3n) is 3.98. The minimum Gasteiger partial charge on any atom is -0.363 e. The fourth-order valence-corrected chi connectivity index (χ4v) is 2.88. The van der Waals surface area contributed by atoms with E-state index in [0.717, 1.165) is 0 Å². The average Bonchev–Trinajstić information content (AvgIpc) is 3.31. The molecule has 0 fully saturated rings. The van der Waals surface area contributed by atoms with Gasteiger partial charge >= 0.3 is 0 Å². The summed E-state index contributed by atoms with van der Waals surface area (Å²) in [5.41, 5.74) is 5.88. The van der Waals surface area contributed by atoms with Gasteiger partial charge in [-0.1, -0.05) is 11.6 Å². The second kappa shape index (κ2) is 8.12. The standard InChI is InChI=1S/C18H15ClFN7O2/c1-9(24-18(29)15-7-23-17(25-15)16(22)28)8-27-3-2-14(26-27)10-4-12(19)11(6-21)13(20)5-10/h2-5,7,9H,8H2,1H3,(H2,22,28)(H,23,25)(H,24,29). The quantitative estimate of drug-likeness (QED) is 0.563. The number of benzene rings is 1. The van der Waals surface area contributed by atoms with Crippen molar-refractivity contribution in [2.24, 2.45) is 5.73 Å². The lowest BCUT2D eigenvalue weighted by Crippen LogP contribution is -2.36. The number of hydrogen-bond acceptors (Lipinski definition) is 5. The van der Waals surface area contributed by atoms with E-state index >= 15 is 0 Å². The molecular formula is C18H15ClFN7O2. The molecule has 0 saturated carbocycles. The molecule has 29 heavy (non-hydrogen) atoms. The molecule has 1 aromatic carbocycles. The Bertz CT molecular complexity index is 1110. The zero-order valence-electron chi connectivity index (χ0n) is 15.1. The van der Waals surface area contributed by atoms with Gasteiger partial charge in [0, 0.05) is 17.8 Å². The highest BCUT2D eigenvalue weighted by molar-refractivity contribution is 6.32. The van der Waals surface area contributed by atoms with Crippen LogP contribution in [0.2, 0.25) is 5.02 Å². The number of nitrogens with zero attached hydrogens (tertiary/aromatic N) is 4. The molecule has 2 amide bonds. The maximum Gasteiger partial charge on any atom is 0.284 e. The summed E-state index contributed by atoms with van der Waals surface area (Å²) in [5, 5.41) is 16.0. The van der Waals surface area contributed by atoms with Crippen LogP contribution >= 0.6 is 11.6 Å². The van der Waals surface area contributed by atoms with E-state index < -0.39 is 17.6 Å². The van der Waals surface area contributed by atoms with Gasteiger partial charge in [-0.3, -0.25) is 14.3 Å². The first-order chi connectivity index (χ1) is 13.8. The summed E-state index contributed by atoms with van der Waals surface area (Å²) < 4.78 is 15.5. The molecule has 0 spiro atoms. The van der Waals surface area contributed by atoms with E-state index in [2.05, 4.69) is 20.4 Å². The SMILES string of the molecule is CC(Cn1ccc(-c2cc(F)c(C#N)c(Cl)c2)n1)NC(=O)c1cnc(C(N)=O)[nH]1. The Hall–Kier alpha value is -3.71. The number of carbonyl (C=O) groups is 2. The van der Waals surface area contributed by atoms with E-state index in [-0.39, 0.29) is 28.1 Å². The highest BCUT2D eigenvalue weighted by Gasteiger charge is 2.16. The Kier molecular flexibility index (Phi) is 5.61. The van der Waals surface area contributed by atoms with Crippen molar-refractivity contribution in [1.82, 2.24) is 25.1 Å². The van der Waals surface area contributed by atoms with Crippen LogP contribution in [-0.2, 0) is 6.54 Å². The highest BCUT2D eigenvalue weighted by atomic mass is 35.5. The maximum atomic E-state index is 13.9. The van der Waals surface area contributed by atoms with Gasteiger partial charge in [0.25, 0.3) is 11.8 Å². The smallest absolute Gasteiger partial charge is 0.284 e. The van der Waals surface area contributed by atoms with E-state index in [1.54, 1.807) is 29.9 Å². The molecule has 1 atom stereocenters. The van der Waals surface area contributed by atoms with Crippen LogP contribution in [0.3, 0.4) is 0 Å². The fraction of sp³-hybridized carbons (Fsp3) is 0.167. The Labute approximate surface area is 169 Å². The van der Waals surface area contributed by atoms with Gasteiger partial charge in [0.15, 0.2) is 5.82 Å². The minimum atomic E-state index is -0.763. The summed E-state index contributed by atoms with van der Waals surface area (Å²) in [6.45, 7) is 2.10. The zero-order valence-corrected chi connectivity index (χ0v) is 15.9. The Morgan fingerprint density at radius 3 is 2.86 bits per heavy atom. The number of nitriles is 1. The van der Waals surface area contributed by atoms with Crippen LogP contribution in [0.4, 0.5) is 4.39 Å². The number of nitrogens with one attached hydrogen (secondary N) is 2. The van der Waals surface area contributed by atoms with Gasteiger partial charge in [-0.15, -0.1) is 0 Å². The fourth-order valence-electron chi connectivity index (χ4n) is 2.63. The van der Waals surface area contributed by atoms with E-state index in [9.17, 15) is 14.0 Å². The van der Waals surface area contributed by atoms with E-state index in [0.29, 0.717) is 17.8 Å². The zero-order chi connectivity index (χ0) is 21.1. The van der Waals surface area contributed by atoms with Crippen molar-refractivity contribution in [3.8, 4) is 17.3 Å². The molecule has 9 nitrogen and oxygen atoms in total. The van der Waals surface area contributed by atoms with E-state index in [4.69, 9.17) is 22.6 Å². The Morgan fingerprint density at radius 2 is 2.24 bits per heavy atom. The number of imidazole rings is 1. The average molecular weight is 416 g/mol. The number of amides is 2. The monoisotopic (exact) mass is 415 g/mol. The predicted molar refractivity (Wildman–Crippen MR) is 101 cm³/mol. The molecule has 0 saturated heterocycles. The molecular weight excluding hydrogens is 401 g/mol. The van der Waals surface area contributed by atoms with Crippen molar-refractivity contribution in [2.45, 2.75) is 19.5 Å². The Morgan fingerprint density at radius 1 is 1.48 bits per heavy atom. The van der Waals surface area contributed by atoms with Crippen LogP contribution in [0.5, 0.6) is 0 Å². The minimum absolute atomic E-state index is 0.00701. The second-order valence-electron chi connectivity index (χ2n) is 6.23. The molecule has 0 radical (unpaired) electrons. The molecule has 2 aromatic heterocycles. The molecule has 4 N–H and O–H groups in total. The Balaban J connectivity index is 1.67. The van der Waals surface area contributed by atoms with Gasteiger partial charge < -0.3 is 16.0 Å². The molecule has 0 aliphatic rings. The number of H-pyrrole nitrogens is 1. The lowest BCUT2D eigenvalue weighted by atomic mass is 10.1. The van der Waals surface area contributed by atoms with Crippen LogP contribution in [-0.4, -0.2) is 37.6 Å². The molecule has 0 aliphatic carbocycles. The van der Waals surface area contributed by atoms with Gasteiger partial charge in [0.1, 0.15) is 23.1 Å². The van der Waals surface area contributed by atoms with Crippen molar-refractivity contribution in [3.05, 3.63) is 58.5 Å². The van der Waals surface area contributed by atoms with Crippen molar-refractivity contribution in [2.75, 3.05) is 0 Å². The van der Waals surface area contributed by atoms with Crippen molar-refractivity contribution >= 4 is 23.4 Å². The number of nitrogens with two attached hydrogens (primary N) is 1. The number of carbonyl (C=O) groups excluding carboxylic acids is 2. The summed E-state index contributed by atoms with van der Waals surface area (Å²) in [6.07, 6.45) is 2.89. The number of hydrogen-bond donors (Lipinski definition) is 3. The largest absolute Gasteiger partial charge is 0.363 e. The summed E-state index contributed by atoms with van der Waals surface area (Å²) in [6, 6.07) is 5.71. The predicted octanol–water partition coefficient (Wildman–Crippen LogP) is 1.85. The lowest BCUT2D eigenvalue weighted by molar-refractivity contribution is 0.0931. The second-order valence-corrected chi connectivity index (χ2v) is 6.64. The summed E-state index contributed by atoms with van der Waals surface area (Å²) in [4.78, 5) is 29.5. The van der Waals surface area contributed by atoms with Gasteiger partial charge in [-0.25, -0.2) is 9.37 Å². The molecule has 11 heteroatoms. The number of halogens is 2. The summed E-state index contributed by atoms with van der Waals surface area (Å²) in [7, 11) is 0. The molecule has 148 valence electrons. The number of aromatic amines is 1. The topological polar surface area (TPSA) is 142 Å². The van der Waals surface area contributed by atoms with Gasteiger partial charge in [-0.05, 0) is 25.1 Å². The van der Waals surface area contributed by atoms with E-state index in [1.165, 1.54) is 18.3 Å². The molecule has 0 aliphatic heterocycles. The van der Waals surface area contributed by atoms with Gasteiger partial charge in [0.2, 0.25) is 0 Å². The first kappa shape index (κ1) is 20.0. The third-order valence-corrected chi connectivity index (χ3v) is 4.28. The molecule has 1 unspecified atom stereocenters. The summed E-state index contributed by atoms with van der Waals surface area (Å²) >= 11 is 5.93. The van der Waals surface area contributed by atoms with Crippen molar-refractivity contribution in [3.63, 3.8) is 0 Å². The lowest BCUT2D eigenvalue weighted by Gasteiger charge is -2.13. The number of aromatic nitrogens is 4. The van der Waals surface area contributed by atoms with Gasteiger partial charge in [-0.2, -0.15) is 10.4 Å². The molecule has 0 bridgehead atoms. The van der Waals surface area contributed by atoms with E-state index in [1.807, 2.05) is 0 Å². The first-order valence-corrected chi connectivity index (χ1v) is 8.75. The van der Waals surface area contributed by atoms with Crippen molar-refractivity contribution in [1.29, 1.82) is 5.26 Å². The molecule has 3 rings (SSSR count). The maximum absolute atomic E-state index is 13.9. The number of primary amides is 1. The van der Waals surface area contributed by atoms with Crippen LogP contribution in [0.25, 0.3) is 11.3 Å². The third kappa shape index (κ3) is 4.41.